The average molecular weight is 481 g/mol. The first kappa shape index (κ1) is 23.5. The van der Waals surface area contributed by atoms with Gasteiger partial charge in [0.25, 0.3) is 5.56 Å². The van der Waals surface area contributed by atoms with E-state index in [1.54, 1.807) is 18.2 Å². The van der Waals surface area contributed by atoms with Crippen LogP contribution in [0, 0.1) is 0 Å². The summed E-state index contributed by atoms with van der Waals surface area (Å²) >= 11 is 0. The number of rotatable bonds is 8. The van der Waals surface area contributed by atoms with Gasteiger partial charge in [0.2, 0.25) is 10.0 Å². The lowest BCUT2D eigenvalue weighted by atomic mass is 10.1. The van der Waals surface area contributed by atoms with E-state index in [2.05, 4.69) is 9.72 Å². The molecule has 0 saturated carbocycles. The van der Waals surface area contributed by atoms with E-state index in [9.17, 15) is 18.0 Å². The minimum Gasteiger partial charge on any atom is -0.468 e. The predicted octanol–water partition coefficient (Wildman–Crippen LogP) is 3.86. The van der Waals surface area contributed by atoms with Gasteiger partial charge >= 0.3 is 5.97 Å². The summed E-state index contributed by atoms with van der Waals surface area (Å²) in [5, 5.41) is 0.826. The molecule has 2 heterocycles. The number of aromatic nitrogens is 1. The minimum absolute atomic E-state index is 0.0165. The molecule has 176 valence electrons. The molecule has 0 aliphatic rings. The van der Waals surface area contributed by atoms with Crippen LogP contribution in [0.4, 0.5) is 0 Å². The van der Waals surface area contributed by atoms with Gasteiger partial charge in [-0.05, 0) is 72.0 Å². The largest absolute Gasteiger partial charge is 0.468 e. The van der Waals surface area contributed by atoms with Crippen LogP contribution in [0.15, 0.2) is 81.0 Å². The van der Waals surface area contributed by atoms with Crippen molar-refractivity contribution < 1.29 is 22.4 Å². The third-order valence-corrected chi connectivity index (χ3v) is 7.37. The molecule has 0 aliphatic carbocycles. The number of aryl methyl sites for hydroxylation is 1. The number of aromatic amines is 1. The molecule has 0 amide bonds. The zero-order valence-corrected chi connectivity index (χ0v) is 19.6. The Balaban J connectivity index is 1.74. The van der Waals surface area contributed by atoms with Crippen LogP contribution in [0.5, 0.6) is 0 Å². The highest BCUT2D eigenvalue weighted by atomic mass is 32.2. The van der Waals surface area contributed by atoms with Crippen LogP contribution in [0.25, 0.3) is 10.9 Å². The Hall–Kier alpha value is -3.69. The number of esters is 1. The van der Waals surface area contributed by atoms with Crippen molar-refractivity contribution in [2.24, 2.45) is 0 Å². The van der Waals surface area contributed by atoms with Gasteiger partial charge < -0.3 is 14.1 Å². The minimum atomic E-state index is -4.04. The van der Waals surface area contributed by atoms with E-state index < -0.39 is 16.0 Å². The van der Waals surface area contributed by atoms with Gasteiger partial charge in [-0.2, -0.15) is 4.31 Å². The SMILES string of the molecule is CCc1ccc2[nH]c(=O)c(CN(Cc3ccco3)S(=O)(=O)c3ccc(C(=O)OC)cc3)cc2c1. The number of ether oxygens (including phenoxy) is 1. The van der Waals surface area contributed by atoms with Gasteiger partial charge in [-0.25, -0.2) is 13.2 Å². The number of H-pyrrole nitrogens is 1. The molecule has 2 aromatic heterocycles. The number of pyridine rings is 1. The Kier molecular flexibility index (Phi) is 6.67. The van der Waals surface area contributed by atoms with Crippen molar-refractivity contribution in [1.82, 2.24) is 9.29 Å². The lowest BCUT2D eigenvalue weighted by Crippen LogP contribution is -2.32. The number of nitrogens with zero attached hydrogens (tertiary/aromatic N) is 1. The molecule has 0 aliphatic heterocycles. The fourth-order valence-electron chi connectivity index (χ4n) is 3.66. The monoisotopic (exact) mass is 480 g/mol. The number of sulfonamides is 1. The van der Waals surface area contributed by atoms with E-state index in [-0.39, 0.29) is 29.1 Å². The Bertz CT molecular complexity index is 1470. The number of nitrogens with one attached hydrogen (secondary N) is 1. The predicted molar refractivity (Wildman–Crippen MR) is 127 cm³/mol. The Morgan fingerprint density at radius 2 is 1.82 bits per heavy atom. The molecule has 0 spiro atoms. The molecule has 0 radical (unpaired) electrons. The molecule has 2 aromatic carbocycles. The molecule has 4 rings (SSSR count). The Morgan fingerprint density at radius 3 is 2.47 bits per heavy atom. The molecule has 0 bridgehead atoms. The second kappa shape index (κ2) is 9.66. The van der Waals surface area contributed by atoms with Crippen LogP contribution in [0.3, 0.4) is 0 Å². The second-order valence-corrected chi connectivity index (χ2v) is 9.71. The molecule has 34 heavy (non-hydrogen) atoms. The number of methoxy groups -OCH3 is 1. The fraction of sp³-hybridized carbons (Fsp3) is 0.200. The normalized spacial score (nSPS) is 11.7. The third-order valence-electron chi connectivity index (χ3n) is 5.57. The molecular weight excluding hydrogens is 456 g/mol. The van der Waals surface area contributed by atoms with E-state index in [4.69, 9.17) is 4.42 Å². The molecule has 9 heteroatoms. The quantitative estimate of drug-likeness (QED) is 0.384. The van der Waals surface area contributed by atoms with Crippen molar-refractivity contribution in [2.45, 2.75) is 31.3 Å². The van der Waals surface area contributed by atoms with Gasteiger partial charge in [-0.15, -0.1) is 0 Å². The van der Waals surface area contributed by atoms with E-state index in [0.29, 0.717) is 16.8 Å². The number of fused-ring (bicyclic) bond motifs is 1. The van der Waals surface area contributed by atoms with Crippen LogP contribution in [-0.2, 0) is 34.3 Å². The number of hydrogen-bond acceptors (Lipinski definition) is 6. The summed E-state index contributed by atoms with van der Waals surface area (Å²) in [6.45, 7) is 1.81. The van der Waals surface area contributed by atoms with Crippen molar-refractivity contribution in [3.8, 4) is 0 Å². The highest BCUT2D eigenvalue weighted by Gasteiger charge is 2.27. The van der Waals surface area contributed by atoms with Gasteiger partial charge in [-0.3, -0.25) is 4.79 Å². The topological polar surface area (TPSA) is 110 Å². The Morgan fingerprint density at radius 1 is 1.06 bits per heavy atom. The van der Waals surface area contributed by atoms with Gasteiger partial charge in [0, 0.05) is 17.6 Å². The number of hydrogen-bond donors (Lipinski definition) is 1. The van der Waals surface area contributed by atoms with E-state index >= 15 is 0 Å². The number of furan rings is 1. The van der Waals surface area contributed by atoms with Gasteiger partial charge in [0.15, 0.2) is 0 Å². The molecular formula is C25H24N2O6S. The van der Waals surface area contributed by atoms with Crippen LogP contribution >= 0.6 is 0 Å². The van der Waals surface area contributed by atoms with Gasteiger partial charge in [0.1, 0.15) is 5.76 Å². The molecule has 0 atom stereocenters. The summed E-state index contributed by atoms with van der Waals surface area (Å²) in [6, 6.07) is 16.3. The van der Waals surface area contributed by atoms with E-state index in [1.165, 1.54) is 41.9 Å². The molecule has 1 N–H and O–H groups in total. The zero-order chi connectivity index (χ0) is 24.3. The highest BCUT2D eigenvalue weighted by molar-refractivity contribution is 7.89. The van der Waals surface area contributed by atoms with Gasteiger partial charge in [0.05, 0.1) is 30.4 Å². The van der Waals surface area contributed by atoms with Gasteiger partial charge in [-0.1, -0.05) is 13.0 Å². The molecule has 8 nitrogen and oxygen atoms in total. The smallest absolute Gasteiger partial charge is 0.337 e. The maximum atomic E-state index is 13.5. The first-order valence-corrected chi connectivity index (χ1v) is 12.1. The fourth-order valence-corrected chi connectivity index (χ4v) is 5.05. The molecule has 0 saturated heterocycles. The summed E-state index contributed by atoms with van der Waals surface area (Å²) in [6.07, 6.45) is 2.30. The number of carbonyl (C=O) groups is 1. The molecule has 0 unspecified atom stereocenters. The highest BCUT2D eigenvalue weighted by Crippen LogP contribution is 2.23. The average Bonchev–Trinajstić information content (AvgIpc) is 3.36. The van der Waals surface area contributed by atoms with Crippen LogP contribution < -0.4 is 5.56 Å². The summed E-state index contributed by atoms with van der Waals surface area (Å²) in [5.74, 6) is -0.134. The zero-order valence-electron chi connectivity index (χ0n) is 18.8. The maximum Gasteiger partial charge on any atom is 0.337 e. The van der Waals surface area contributed by atoms with E-state index in [1.807, 2.05) is 25.1 Å². The van der Waals surface area contributed by atoms with E-state index in [0.717, 1.165) is 17.4 Å². The lowest BCUT2D eigenvalue weighted by molar-refractivity contribution is 0.0600. The van der Waals surface area contributed by atoms with Crippen LogP contribution in [0.1, 0.15) is 34.2 Å². The Labute approximate surface area is 196 Å². The lowest BCUT2D eigenvalue weighted by Gasteiger charge is -2.21. The molecule has 4 aromatic rings. The maximum absolute atomic E-state index is 13.5. The summed E-state index contributed by atoms with van der Waals surface area (Å²) < 4.78 is 38.3. The molecule has 0 fully saturated rings. The second-order valence-electron chi connectivity index (χ2n) is 7.77. The first-order chi connectivity index (χ1) is 16.3. The third kappa shape index (κ3) is 4.80. The van der Waals surface area contributed by atoms with Crippen LogP contribution in [0.2, 0.25) is 0 Å². The summed E-state index contributed by atoms with van der Waals surface area (Å²) in [4.78, 5) is 27.3. The van der Waals surface area contributed by atoms with Crippen molar-refractivity contribution in [2.75, 3.05) is 7.11 Å². The van der Waals surface area contributed by atoms with Crippen LogP contribution in [-0.4, -0.2) is 30.8 Å². The van der Waals surface area contributed by atoms with Crippen molar-refractivity contribution in [1.29, 1.82) is 0 Å². The summed E-state index contributed by atoms with van der Waals surface area (Å²) in [7, 11) is -2.79. The first-order valence-electron chi connectivity index (χ1n) is 10.7. The number of benzene rings is 2. The van der Waals surface area contributed by atoms with Crippen molar-refractivity contribution in [3.05, 3.63) is 99.7 Å². The van der Waals surface area contributed by atoms with Crippen molar-refractivity contribution in [3.63, 3.8) is 0 Å². The standard InChI is InChI=1S/C25H24N2O6S/c1-3-17-6-11-23-19(13-17)14-20(24(28)26-23)15-27(16-21-5-4-12-33-21)34(30,31)22-9-7-18(8-10-22)25(29)32-2/h4-14H,3,15-16H2,1-2H3,(H,26,28). The van der Waals surface area contributed by atoms with Crippen molar-refractivity contribution >= 4 is 26.9 Å². The summed E-state index contributed by atoms with van der Waals surface area (Å²) in [5.41, 5.74) is 1.97. The number of carbonyl (C=O) groups excluding carboxylic acids is 1.